The third kappa shape index (κ3) is 3.73. The first-order valence-electron chi connectivity index (χ1n) is 7.94. The molecule has 1 aliphatic rings. The van der Waals surface area contributed by atoms with Crippen LogP contribution in [-0.4, -0.2) is 34.9 Å². The molecule has 0 saturated carbocycles. The van der Waals surface area contributed by atoms with Crippen LogP contribution in [0.4, 0.5) is 15.6 Å². The minimum Gasteiger partial charge on any atom is -0.338 e. The Kier molecular flexibility index (Phi) is 4.80. The Labute approximate surface area is 144 Å². The summed E-state index contributed by atoms with van der Waals surface area (Å²) in [6.45, 7) is 5.35. The molecule has 1 aromatic heterocycles. The number of rotatable bonds is 3. The van der Waals surface area contributed by atoms with Gasteiger partial charge in [-0.2, -0.15) is 0 Å². The van der Waals surface area contributed by atoms with E-state index >= 15 is 0 Å². The van der Waals surface area contributed by atoms with Gasteiger partial charge < -0.3 is 10.2 Å². The van der Waals surface area contributed by atoms with E-state index in [-0.39, 0.29) is 11.9 Å². The summed E-state index contributed by atoms with van der Waals surface area (Å²) in [5, 5.41) is 5.90. The van der Waals surface area contributed by atoms with Gasteiger partial charge in [-0.15, -0.1) is 0 Å². The van der Waals surface area contributed by atoms with E-state index in [1.165, 1.54) is 11.3 Å². The predicted molar refractivity (Wildman–Crippen MR) is 95.8 cm³/mol. The quantitative estimate of drug-likeness (QED) is 0.893. The Morgan fingerprint density at radius 3 is 2.62 bits per heavy atom. The third-order valence-electron chi connectivity index (χ3n) is 3.88. The average Bonchev–Trinajstić information content (AvgIpc) is 3.16. The summed E-state index contributed by atoms with van der Waals surface area (Å²) in [6, 6.07) is 7.18. The normalized spacial score (nSPS) is 13.8. The minimum absolute atomic E-state index is 0.00893. The summed E-state index contributed by atoms with van der Waals surface area (Å²) in [7, 11) is 0. The maximum atomic E-state index is 12.5. The predicted octanol–water partition coefficient (Wildman–Crippen LogP) is 3.64. The number of carbonyl (C=O) groups is 2. The van der Waals surface area contributed by atoms with Gasteiger partial charge in [0.2, 0.25) is 0 Å². The van der Waals surface area contributed by atoms with Crippen molar-refractivity contribution < 1.29 is 9.59 Å². The Bertz CT molecular complexity index is 766. The largest absolute Gasteiger partial charge is 0.338 e. The molecule has 0 aliphatic carbocycles. The molecule has 0 spiro atoms. The molecule has 0 bridgehead atoms. The van der Waals surface area contributed by atoms with Crippen LogP contribution in [0.2, 0.25) is 0 Å². The number of likely N-dealkylation sites (tertiary alicyclic amines) is 1. The second-order valence-electron chi connectivity index (χ2n) is 5.88. The van der Waals surface area contributed by atoms with E-state index in [9.17, 15) is 9.59 Å². The highest BCUT2D eigenvalue weighted by atomic mass is 32.1. The zero-order valence-corrected chi connectivity index (χ0v) is 14.6. The van der Waals surface area contributed by atoms with Crippen LogP contribution in [0.1, 0.15) is 33.8 Å². The van der Waals surface area contributed by atoms with Crippen LogP contribution in [-0.2, 0) is 0 Å². The van der Waals surface area contributed by atoms with Gasteiger partial charge in [0.1, 0.15) is 4.88 Å². The van der Waals surface area contributed by atoms with E-state index in [1.807, 2.05) is 36.1 Å². The number of thiazole rings is 1. The SMILES string of the molecule is Cc1cccc(NC(=O)Nc2nc(C)c(C(=O)N3CCCC3)s2)c1. The van der Waals surface area contributed by atoms with Crippen LogP contribution in [0.15, 0.2) is 24.3 Å². The van der Waals surface area contributed by atoms with Crippen LogP contribution >= 0.6 is 11.3 Å². The smallest absolute Gasteiger partial charge is 0.325 e. The van der Waals surface area contributed by atoms with Crippen molar-refractivity contribution in [2.45, 2.75) is 26.7 Å². The van der Waals surface area contributed by atoms with Crippen molar-refractivity contribution >= 4 is 34.1 Å². The average molecular weight is 344 g/mol. The monoisotopic (exact) mass is 344 g/mol. The third-order valence-corrected chi connectivity index (χ3v) is 4.94. The minimum atomic E-state index is -0.366. The highest BCUT2D eigenvalue weighted by Gasteiger charge is 2.24. The lowest BCUT2D eigenvalue weighted by Crippen LogP contribution is -2.27. The number of nitrogens with one attached hydrogen (secondary N) is 2. The van der Waals surface area contributed by atoms with Gasteiger partial charge in [-0.3, -0.25) is 10.1 Å². The number of carbonyl (C=O) groups excluding carboxylic acids is 2. The molecule has 2 aromatic rings. The number of anilines is 2. The molecule has 3 amide bonds. The lowest BCUT2D eigenvalue weighted by molar-refractivity contribution is 0.0796. The number of hydrogen-bond donors (Lipinski definition) is 2. The van der Waals surface area contributed by atoms with Crippen LogP contribution < -0.4 is 10.6 Å². The van der Waals surface area contributed by atoms with Crippen molar-refractivity contribution in [1.82, 2.24) is 9.88 Å². The molecule has 126 valence electrons. The van der Waals surface area contributed by atoms with E-state index in [0.717, 1.165) is 31.5 Å². The first kappa shape index (κ1) is 16.4. The fourth-order valence-electron chi connectivity index (χ4n) is 2.69. The van der Waals surface area contributed by atoms with Crippen LogP contribution in [0.3, 0.4) is 0 Å². The standard InChI is InChI=1S/C17H20N4O2S/c1-11-6-5-7-13(10-11)19-16(23)20-17-18-12(2)14(24-17)15(22)21-8-3-4-9-21/h5-7,10H,3-4,8-9H2,1-2H3,(H2,18,19,20,23). The van der Waals surface area contributed by atoms with Gasteiger partial charge >= 0.3 is 6.03 Å². The van der Waals surface area contributed by atoms with Gasteiger partial charge in [0.25, 0.3) is 5.91 Å². The fraction of sp³-hybridized carbons (Fsp3) is 0.353. The lowest BCUT2D eigenvalue weighted by Gasteiger charge is -2.13. The van der Waals surface area contributed by atoms with E-state index in [0.29, 0.717) is 21.4 Å². The zero-order valence-electron chi connectivity index (χ0n) is 13.8. The summed E-state index contributed by atoms with van der Waals surface area (Å²) in [5.74, 6) is 0.00893. The first-order chi connectivity index (χ1) is 11.5. The molecular formula is C17H20N4O2S. The van der Waals surface area contributed by atoms with Crippen molar-refractivity contribution in [1.29, 1.82) is 0 Å². The van der Waals surface area contributed by atoms with Gasteiger partial charge in [0.15, 0.2) is 5.13 Å². The van der Waals surface area contributed by atoms with E-state index in [1.54, 1.807) is 6.92 Å². The summed E-state index contributed by atoms with van der Waals surface area (Å²) in [5.41, 5.74) is 2.44. The molecule has 0 atom stereocenters. The van der Waals surface area contributed by atoms with E-state index in [4.69, 9.17) is 0 Å². The summed E-state index contributed by atoms with van der Waals surface area (Å²) >= 11 is 1.22. The molecule has 6 nitrogen and oxygen atoms in total. The van der Waals surface area contributed by atoms with Crippen molar-refractivity contribution in [2.24, 2.45) is 0 Å². The van der Waals surface area contributed by atoms with Gasteiger partial charge in [0, 0.05) is 18.8 Å². The second-order valence-corrected chi connectivity index (χ2v) is 6.88. The van der Waals surface area contributed by atoms with Crippen molar-refractivity contribution in [3.63, 3.8) is 0 Å². The van der Waals surface area contributed by atoms with Gasteiger partial charge in [0.05, 0.1) is 5.69 Å². The Morgan fingerprint density at radius 2 is 1.92 bits per heavy atom. The van der Waals surface area contributed by atoms with Crippen LogP contribution in [0, 0.1) is 13.8 Å². The molecule has 1 aromatic carbocycles. The van der Waals surface area contributed by atoms with Crippen molar-refractivity contribution in [3.05, 3.63) is 40.4 Å². The number of amides is 3. The van der Waals surface area contributed by atoms with Crippen molar-refractivity contribution in [2.75, 3.05) is 23.7 Å². The highest BCUT2D eigenvalue weighted by Crippen LogP contribution is 2.25. The molecule has 24 heavy (non-hydrogen) atoms. The maximum absolute atomic E-state index is 12.5. The molecule has 0 radical (unpaired) electrons. The fourth-order valence-corrected chi connectivity index (χ4v) is 3.62. The molecule has 7 heteroatoms. The van der Waals surface area contributed by atoms with Crippen LogP contribution in [0.25, 0.3) is 0 Å². The lowest BCUT2D eigenvalue weighted by atomic mass is 10.2. The molecule has 3 rings (SSSR count). The maximum Gasteiger partial charge on any atom is 0.325 e. The molecule has 1 fully saturated rings. The van der Waals surface area contributed by atoms with Crippen molar-refractivity contribution in [3.8, 4) is 0 Å². The molecule has 2 heterocycles. The van der Waals surface area contributed by atoms with Gasteiger partial charge in [-0.1, -0.05) is 23.5 Å². The molecular weight excluding hydrogens is 324 g/mol. The van der Waals surface area contributed by atoms with Gasteiger partial charge in [-0.05, 0) is 44.4 Å². The number of hydrogen-bond acceptors (Lipinski definition) is 4. The Balaban J connectivity index is 1.66. The molecule has 0 unspecified atom stereocenters. The van der Waals surface area contributed by atoms with Crippen LogP contribution in [0.5, 0.6) is 0 Å². The summed E-state index contributed by atoms with van der Waals surface area (Å²) in [6.07, 6.45) is 2.10. The summed E-state index contributed by atoms with van der Waals surface area (Å²) < 4.78 is 0. The number of urea groups is 1. The topological polar surface area (TPSA) is 74.3 Å². The number of aryl methyl sites for hydroxylation is 2. The molecule has 1 aliphatic heterocycles. The van der Waals surface area contributed by atoms with Gasteiger partial charge in [-0.25, -0.2) is 9.78 Å². The van der Waals surface area contributed by atoms with E-state index < -0.39 is 0 Å². The molecule has 1 saturated heterocycles. The summed E-state index contributed by atoms with van der Waals surface area (Å²) in [4.78, 5) is 31.3. The zero-order chi connectivity index (χ0) is 17.1. The first-order valence-corrected chi connectivity index (χ1v) is 8.76. The Hall–Kier alpha value is -2.41. The Morgan fingerprint density at radius 1 is 1.17 bits per heavy atom. The van der Waals surface area contributed by atoms with E-state index in [2.05, 4.69) is 15.6 Å². The second kappa shape index (κ2) is 7.00. The number of benzene rings is 1. The number of nitrogens with zero attached hydrogens (tertiary/aromatic N) is 2. The molecule has 2 N–H and O–H groups in total. The number of aromatic nitrogens is 1. The highest BCUT2D eigenvalue weighted by molar-refractivity contribution is 7.17.